The summed E-state index contributed by atoms with van der Waals surface area (Å²) in [6.45, 7) is 5.10. The normalized spacial score (nSPS) is 16.0. The highest BCUT2D eigenvalue weighted by atomic mass is 79.9. The minimum absolute atomic E-state index is 0.00803. The lowest BCUT2D eigenvalue weighted by Gasteiger charge is -2.26. The van der Waals surface area contributed by atoms with Crippen LogP contribution < -0.4 is 5.32 Å². The fraction of sp³-hybridized carbons (Fsp3) is 0.357. The summed E-state index contributed by atoms with van der Waals surface area (Å²) in [7, 11) is 0. The van der Waals surface area contributed by atoms with Crippen molar-refractivity contribution < 1.29 is 9.21 Å². The first kappa shape index (κ1) is 12.7. The Morgan fingerprint density at radius 3 is 2.84 bits per heavy atom. The first-order valence-corrected chi connectivity index (χ1v) is 7.15. The highest BCUT2D eigenvalue weighted by Crippen LogP contribution is 2.28. The molecule has 100 valence electrons. The van der Waals surface area contributed by atoms with Crippen molar-refractivity contribution in [3.8, 4) is 0 Å². The van der Waals surface area contributed by atoms with Crippen molar-refractivity contribution in [3.63, 3.8) is 0 Å². The van der Waals surface area contributed by atoms with Gasteiger partial charge in [0, 0.05) is 41.6 Å². The summed E-state index contributed by atoms with van der Waals surface area (Å²) in [6, 6.07) is 5.80. The number of carbonyl (C=O) groups is 1. The molecule has 1 aromatic carbocycles. The third-order valence-corrected chi connectivity index (χ3v) is 3.99. The van der Waals surface area contributed by atoms with E-state index in [0.29, 0.717) is 5.76 Å². The molecule has 0 atom stereocenters. The van der Waals surface area contributed by atoms with E-state index in [0.717, 1.165) is 47.2 Å². The highest BCUT2D eigenvalue weighted by molar-refractivity contribution is 9.10. The molecular weight excluding hydrogens is 308 g/mol. The molecule has 2 aromatic rings. The summed E-state index contributed by atoms with van der Waals surface area (Å²) < 4.78 is 6.73. The number of piperazine rings is 1. The molecule has 1 saturated heterocycles. The van der Waals surface area contributed by atoms with E-state index in [1.54, 1.807) is 0 Å². The van der Waals surface area contributed by atoms with Gasteiger partial charge in [-0.05, 0) is 25.1 Å². The van der Waals surface area contributed by atoms with Crippen molar-refractivity contribution in [2.75, 3.05) is 26.2 Å². The molecule has 4 nitrogen and oxygen atoms in total. The van der Waals surface area contributed by atoms with Crippen LogP contribution in [-0.2, 0) is 0 Å². The van der Waals surface area contributed by atoms with E-state index in [9.17, 15) is 4.79 Å². The number of hydrogen-bond acceptors (Lipinski definition) is 3. The van der Waals surface area contributed by atoms with Crippen molar-refractivity contribution in [3.05, 3.63) is 34.0 Å². The average Bonchev–Trinajstić information content (AvgIpc) is 2.76. The molecular formula is C14H15BrN2O2. The number of benzene rings is 1. The molecule has 5 heteroatoms. The first-order valence-electron chi connectivity index (χ1n) is 6.35. The predicted octanol–water partition coefficient (Wildman–Crippen LogP) is 2.55. The first-order chi connectivity index (χ1) is 9.16. The molecule has 0 aliphatic carbocycles. The van der Waals surface area contributed by atoms with Gasteiger partial charge in [0.25, 0.3) is 5.91 Å². The van der Waals surface area contributed by atoms with E-state index in [2.05, 4.69) is 21.2 Å². The Morgan fingerprint density at radius 2 is 2.11 bits per heavy atom. The molecule has 3 rings (SSSR count). The summed E-state index contributed by atoms with van der Waals surface area (Å²) >= 11 is 3.44. The van der Waals surface area contributed by atoms with Crippen LogP contribution in [0.5, 0.6) is 0 Å². The van der Waals surface area contributed by atoms with Crippen molar-refractivity contribution in [1.29, 1.82) is 0 Å². The number of fused-ring (bicyclic) bond motifs is 1. The fourth-order valence-corrected chi connectivity index (χ4v) is 2.77. The summed E-state index contributed by atoms with van der Waals surface area (Å²) in [5.41, 5.74) is 1.68. The van der Waals surface area contributed by atoms with Crippen LogP contribution in [0.2, 0.25) is 0 Å². The Bertz CT molecular complexity index is 630. The second kappa shape index (κ2) is 4.98. The molecule has 0 unspecified atom stereocenters. The molecule has 1 amide bonds. The van der Waals surface area contributed by atoms with E-state index < -0.39 is 0 Å². The van der Waals surface area contributed by atoms with E-state index in [1.807, 2.05) is 30.0 Å². The minimum atomic E-state index is -0.00803. The van der Waals surface area contributed by atoms with Crippen LogP contribution >= 0.6 is 15.9 Å². The van der Waals surface area contributed by atoms with Gasteiger partial charge in [-0.1, -0.05) is 15.9 Å². The lowest BCUT2D eigenvalue weighted by molar-refractivity contribution is 0.0705. The van der Waals surface area contributed by atoms with Crippen molar-refractivity contribution in [2.24, 2.45) is 0 Å². The zero-order chi connectivity index (χ0) is 13.4. The number of furan rings is 1. The standard InChI is InChI=1S/C14H15BrN2O2/c1-9-11-8-10(15)2-3-12(11)19-13(9)14(18)17-6-4-16-5-7-17/h2-3,8,16H,4-7H2,1H3. The number of rotatable bonds is 1. The van der Waals surface area contributed by atoms with E-state index >= 15 is 0 Å². The topological polar surface area (TPSA) is 45.5 Å². The van der Waals surface area contributed by atoms with E-state index in [1.165, 1.54) is 0 Å². The Hall–Kier alpha value is -1.33. The SMILES string of the molecule is Cc1c(C(=O)N2CCNCC2)oc2ccc(Br)cc12. The summed E-state index contributed by atoms with van der Waals surface area (Å²) in [5.74, 6) is 0.460. The van der Waals surface area contributed by atoms with Crippen LogP contribution in [0.3, 0.4) is 0 Å². The van der Waals surface area contributed by atoms with Crippen LogP contribution in [0.25, 0.3) is 11.0 Å². The van der Waals surface area contributed by atoms with Crippen LogP contribution in [-0.4, -0.2) is 37.0 Å². The summed E-state index contributed by atoms with van der Waals surface area (Å²) in [6.07, 6.45) is 0. The van der Waals surface area contributed by atoms with Crippen molar-refractivity contribution in [1.82, 2.24) is 10.2 Å². The number of hydrogen-bond donors (Lipinski definition) is 1. The quantitative estimate of drug-likeness (QED) is 0.877. The van der Waals surface area contributed by atoms with Crippen LogP contribution in [0.1, 0.15) is 16.1 Å². The fourth-order valence-electron chi connectivity index (χ4n) is 2.41. The van der Waals surface area contributed by atoms with Crippen LogP contribution in [0, 0.1) is 6.92 Å². The second-order valence-electron chi connectivity index (χ2n) is 4.74. The predicted molar refractivity (Wildman–Crippen MR) is 77.4 cm³/mol. The number of carbonyl (C=O) groups excluding carboxylic acids is 1. The smallest absolute Gasteiger partial charge is 0.289 e. The minimum Gasteiger partial charge on any atom is -0.451 e. The Morgan fingerprint density at radius 1 is 1.37 bits per heavy atom. The molecule has 1 aliphatic rings. The zero-order valence-electron chi connectivity index (χ0n) is 10.7. The molecule has 0 saturated carbocycles. The van der Waals surface area contributed by atoms with Gasteiger partial charge in [-0.2, -0.15) is 0 Å². The number of nitrogens with zero attached hydrogens (tertiary/aromatic N) is 1. The second-order valence-corrected chi connectivity index (χ2v) is 5.65. The molecule has 0 radical (unpaired) electrons. The van der Waals surface area contributed by atoms with Gasteiger partial charge in [-0.3, -0.25) is 4.79 Å². The van der Waals surface area contributed by atoms with Gasteiger partial charge in [0.1, 0.15) is 5.58 Å². The van der Waals surface area contributed by atoms with Crippen molar-refractivity contribution >= 4 is 32.8 Å². The maximum atomic E-state index is 12.5. The van der Waals surface area contributed by atoms with E-state index in [4.69, 9.17) is 4.42 Å². The van der Waals surface area contributed by atoms with Gasteiger partial charge in [-0.25, -0.2) is 0 Å². The van der Waals surface area contributed by atoms with Gasteiger partial charge in [0.15, 0.2) is 5.76 Å². The largest absolute Gasteiger partial charge is 0.451 e. The monoisotopic (exact) mass is 322 g/mol. The third kappa shape index (κ3) is 2.28. The van der Waals surface area contributed by atoms with Gasteiger partial charge in [-0.15, -0.1) is 0 Å². The Kier molecular flexibility index (Phi) is 3.33. The molecule has 0 bridgehead atoms. The molecule has 1 N–H and O–H groups in total. The molecule has 2 heterocycles. The maximum absolute atomic E-state index is 12.5. The summed E-state index contributed by atoms with van der Waals surface area (Å²) in [4.78, 5) is 14.3. The van der Waals surface area contributed by atoms with Crippen molar-refractivity contribution in [2.45, 2.75) is 6.92 Å². The Balaban J connectivity index is 2.00. The highest BCUT2D eigenvalue weighted by Gasteiger charge is 2.24. The number of halogens is 1. The number of amides is 1. The molecule has 1 aliphatic heterocycles. The van der Waals surface area contributed by atoms with E-state index in [-0.39, 0.29) is 5.91 Å². The Labute approximate surface area is 119 Å². The molecule has 1 fully saturated rings. The third-order valence-electron chi connectivity index (χ3n) is 3.50. The van der Waals surface area contributed by atoms with Gasteiger partial charge >= 0.3 is 0 Å². The maximum Gasteiger partial charge on any atom is 0.289 e. The summed E-state index contributed by atoms with van der Waals surface area (Å²) in [5, 5.41) is 4.23. The van der Waals surface area contributed by atoms with Gasteiger partial charge in [0.2, 0.25) is 0 Å². The van der Waals surface area contributed by atoms with Crippen LogP contribution in [0.4, 0.5) is 0 Å². The number of aryl methyl sites for hydroxylation is 1. The molecule has 1 aromatic heterocycles. The van der Waals surface area contributed by atoms with Gasteiger partial charge < -0.3 is 14.6 Å². The lowest BCUT2D eigenvalue weighted by Crippen LogP contribution is -2.46. The lowest BCUT2D eigenvalue weighted by atomic mass is 10.1. The van der Waals surface area contributed by atoms with Crippen LogP contribution in [0.15, 0.2) is 27.1 Å². The average molecular weight is 323 g/mol. The molecule has 19 heavy (non-hydrogen) atoms. The number of nitrogens with one attached hydrogen (secondary N) is 1. The van der Waals surface area contributed by atoms with Gasteiger partial charge in [0.05, 0.1) is 0 Å². The molecule has 0 spiro atoms. The zero-order valence-corrected chi connectivity index (χ0v) is 12.3.